The average Bonchev–Trinajstić information content (AvgIpc) is 2.64. The predicted molar refractivity (Wildman–Crippen MR) is 105 cm³/mol. The molecule has 1 amide bonds. The molecular formula is C22H34N2O2. The number of carbonyl (C=O) groups is 1. The van der Waals surface area contributed by atoms with Crippen LogP contribution in [-0.2, 0) is 9.53 Å². The van der Waals surface area contributed by atoms with Crippen molar-refractivity contribution in [2.24, 2.45) is 11.8 Å². The zero-order valence-corrected chi connectivity index (χ0v) is 16.6. The molecule has 0 bridgehead atoms. The second-order valence-electron chi connectivity index (χ2n) is 8.31. The van der Waals surface area contributed by atoms with Crippen LogP contribution < -0.4 is 0 Å². The van der Waals surface area contributed by atoms with Crippen LogP contribution in [0.25, 0.3) is 0 Å². The van der Waals surface area contributed by atoms with Gasteiger partial charge in [-0.1, -0.05) is 43.7 Å². The van der Waals surface area contributed by atoms with E-state index >= 15 is 0 Å². The van der Waals surface area contributed by atoms with Gasteiger partial charge in [0.15, 0.2) is 0 Å². The van der Waals surface area contributed by atoms with Crippen LogP contribution in [0.1, 0.15) is 43.7 Å². The first-order chi connectivity index (χ1) is 12.5. The maximum absolute atomic E-state index is 13.2. The standard InChI is InChI=1S/C22H34N2O2/c1-17(2)21(20-6-4-18(3)5-7-20)22(25)24-10-8-19(9-11-24)16-23-12-14-26-15-13-23/h4-7,17,19,21H,8-16H2,1-3H3. The summed E-state index contributed by atoms with van der Waals surface area (Å²) >= 11 is 0. The van der Waals surface area contributed by atoms with Crippen LogP contribution >= 0.6 is 0 Å². The first-order valence-electron chi connectivity index (χ1n) is 10.2. The van der Waals surface area contributed by atoms with Crippen LogP contribution in [0.3, 0.4) is 0 Å². The zero-order chi connectivity index (χ0) is 18.5. The molecule has 2 saturated heterocycles. The van der Waals surface area contributed by atoms with Crippen LogP contribution in [0.4, 0.5) is 0 Å². The number of morpholine rings is 1. The minimum atomic E-state index is -0.0219. The number of piperidine rings is 1. The first kappa shape index (κ1) is 19.4. The molecule has 0 saturated carbocycles. The number of ether oxygens (including phenoxy) is 1. The van der Waals surface area contributed by atoms with Gasteiger partial charge in [-0.05, 0) is 37.2 Å². The van der Waals surface area contributed by atoms with E-state index in [4.69, 9.17) is 4.74 Å². The number of benzene rings is 1. The third-order valence-electron chi connectivity index (χ3n) is 5.92. The lowest BCUT2D eigenvalue weighted by Crippen LogP contribution is -2.45. The number of carbonyl (C=O) groups excluding carboxylic acids is 1. The van der Waals surface area contributed by atoms with Crippen molar-refractivity contribution in [3.8, 4) is 0 Å². The van der Waals surface area contributed by atoms with E-state index in [2.05, 4.69) is 54.8 Å². The highest BCUT2D eigenvalue weighted by molar-refractivity contribution is 5.84. The van der Waals surface area contributed by atoms with E-state index in [-0.39, 0.29) is 5.92 Å². The van der Waals surface area contributed by atoms with E-state index in [1.807, 2.05) is 0 Å². The number of amides is 1. The van der Waals surface area contributed by atoms with E-state index < -0.39 is 0 Å². The van der Waals surface area contributed by atoms with Gasteiger partial charge >= 0.3 is 0 Å². The van der Waals surface area contributed by atoms with Crippen LogP contribution in [-0.4, -0.2) is 61.6 Å². The molecule has 0 N–H and O–H groups in total. The van der Waals surface area contributed by atoms with Gasteiger partial charge in [-0.3, -0.25) is 9.69 Å². The van der Waals surface area contributed by atoms with E-state index in [1.54, 1.807) is 0 Å². The molecule has 0 spiro atoms. The molecule has 1 aromatic carbocycles. The third-order valence-corrected chi connectivity index (χ3v) is 5.92. The topological polar surface area (TPSA) is 32.8 Å². The summed E-state index contributed by atoms with van der Waals surface area (Å²) in [4.78, 5) is 17.9. The summed E-state index contributed by atoms with van der Waals surface area (Å²) in [5.41, 5.74) is 2.40. The zero-order valence-electron chi connectivity index (χ0n) is 16.6. The fourth-order valence-electron chi connectivity index (χ4n) is 4.27. The Morgan fingerprint density at radius 2 is 1.69 bits per heavy atom. The van der Waals surface area contributed by atoms with Crippen LogP contribution in [0.15, 0.2) is 24.3 Å². The van der Waals surface area contributed by atoms with Crippen molar-refractivity contribution >= 4 is 5.91 Å². The Hall–Kier alpha value is -1.39. The summed E-state index contributed by atoms with van der Waals surface area (Å²) in [6, 6.07) is 8.49. The van der Waals surface area contributed by atoms with Crippen LogP contribution in [0.2, 0.25) is 0 Å². The smallest absolute Gasteiger partial charge is 0.230 e. The van der Waals surface area contributed by atoms with E-state index in [1.165, 1.54) is 5.56 Å². The number of hydrogen-bond acceptors (Lipinski definition) is 3. The van der Waals surface area contributed by atoms with Crippen molar-refractivity contribution in [1.82, 2.24) is 9.80 Å². The molecule has 1 unspecified atom stereocenters. The number of likely N-dealkylation sites (tertiary alicyclic amines) is 1. The molecule has 3 rings (SSSR count). The molecule has 4 heteroatoms. The maximum Gasteiger partial charge on any atom is 0.230 e. The Morgan fingerprint density at radius 3 is 2.27 bits per heavy atom. The van der Waals surface area contributed by atoms with Gasteiger partial charge in [-0.15, -0.1) is 0 Å². The van der Waals surface area contributed by atoms with Crippen molar-refractivity contribution < 1.29 is 9.53 Å². The van der Waals surface area contributed by atoms with Crippen molar-refractivity contribution in [3.05, 3.63) is 35.4 Å². The molecule has 0 aromatic heterocycles. The van der Waals surface area contributed by atoms with Gasteiger partial charge in [0.25, 0.3) is 0 Å². The highest BCUT2D eigenvalue weighted by atomic mass is 16.5. The summed E-state index contributed by atoms with van der Waals surface area (Å²) in [5, 5.41) is 0. The lowest BCUT2D eigenvalue weighted by atomic mass is 9.85. The summed E-state index contributed by atoms with van der Waals surface area (Å²) in [6.07, 6.45) is 2.25. The van der Waals surface area contributed by atoms with E-state index in [9.17, 15) is 4.79 Å². The number of nitrogens with zero attached hydrogens (tertiary/aromatic N) is 2. The Balaban J connectivity index is 1.56. The largest absolute Gasteiger partial charge is 0.379 e. The van der Waals surface area contributed by atoms with Gasteiger partial charge in [0, 0.05) is 32.7 Å². The Kier molecular flexibility index (Phi) is 6.71. The first-order valence-corrected chi connectivity index (χ1v) is 10.2. The molecule has 26 heavy (non-hydrogen) atoms. The lowest BCUT2D eigenvalue weighted by molar-refractivity contribution is -0.135. The minimum Gasteiger partial charge on any atom is -0.379 e. The van der Waals surface area contributed by atoms with Crippen molar-refractivity contribution in [1.29, 1.82) is 0 Å². The number of hydrogen-bond donors (Lipinski definition) is 0. The van der Waals surface area contributed by atoms with Crippen LogP contribution in [0, 0.1) is 18.8 Å². The molecule has 2 aliphatic heterocycles. The van der Waals surface area contributed by atoms with Gasteiger partial charge < -0.3 is 9.64 Å². The Bertz CT molecular complexity index is 570. The number of aryl methyl sites for hydroxylation is 1. The van der Waals surface area contributed by atoms with Gasteiger partial charge in [-0.25, -0.2) is 0 Å². The summed E-state index contributed by atoms with van der Waals surface area (Å²) in [6.45, 7) is 13.2. The highest BCUT2D eigenvalue weighted by Gasteiger charge is 2.31. The molecule has 1 aromatic rings. The van der Waals surface area contributed by atoms with Crippen molar-refractivity contribution in [2.75, 3.05) is 45.9 Å². The predicted octanol–water partition coefficient (Wildman–Crippen LogP) is 3.31. The minimum absolute atomic E-state index is 0.0219. The van der Waals surface area contributed by atoms with E-state index in [0.717, 1.165) is 64.3 Å². The van der Waals surface area contributed by atoms with Crippen molar-refractivity contribution in [3.63, 3.8) is 0 Å². The summed E-state index contributed by atoms with van der Waals surface area (Å²) < 4.78 is 5.44. The fourth-order valence-corrected chi connectivity index (χ4v) is 4.27. The average molecular weight is 359 g/mol. The SMILES string of the molecule is Cc1ccc(C(C(=O)N2CCC(CN3CCOCC3)CC2)C(C)C)cc1. The number of rotatable bonds is 5. The Morgan fingerprint density at radius 1 is 1.08 bits per heavy atom. The lowest BCUT2D eigenvalue weighted by Gasteiger charge is -2.38. The molecule has 2 heterocycles. The normalized spacial score (nSPS) is 21.2. The quantitative estimate of drug-likeness (QED) is 0.810. The molecule has 2 fully saturated rings. The maximum atomic E-state index is 13.2. The van der Waals surface area contributed by atoms with Crippen molar-refractivity contribution in [2.45, 2.75) is 39.5 Å². The molecule has 0 radical (unpaired) electrons. The monoisotopic (exact) mass is 358 g/mol. The second-order valence-corrected chi connectivity index (χ2v) is 8.31. The molecule has 1 atom stereocenters. The van der Waals surface area contributed by atoms with Gasteiger partial charge in [0.1, 0.15) is 0 Å². The van der Waals surface area contributed by atoms with Gasteiger partial charge in [-0.2, -0.15) is 0 Å². The van der Waals surface area contributed by atoms with Gasteiger partial charge in [0.05, 0.1) is 19.1 Å². The highest BCUT2D eigenvalue weighted by Crippen LogP contribution is 2.29. The summed E-state index contributed by atoms with van der Waals surface area (Å²) in [7, 11) is 0. The molecule has 0 aliphatic carbocycles. The van der Waals surface area contributed by atoms with E-state index in [0.29, 0.717) is 17.7 Å². The summed E-state index contributed by atoms with van der Waals surface area (Å²) in [5.74, 6) is 1.32. The second kappa shape index (κ2) is 9.01. The molecule has 2 aliphatic rings. The molecule has 144 valence electrons. The Labute approximate surface area is 158 Å². The molecule has 4 nitrogen and oxygen atoms in total. The fraction of sp³-hybridized carbons (Fsp3) is 0.682. The van der Waals surface area contributed by atoms with Gasteiger partial charge in [0.2, 0.25) is 5.91 Å². The third kappa shape index (κ3) is 4.86. The molecular weight excluding hydrogens is 324 g/mol. The van der Waals surface area contributed by atoms with Crippen LogP contribution in [0.5, 0.6) is 0 Å².